The number of likely N-dealkylation sites (tertiary alicyclic amines) is 1. The van der Waals surface area contributed by atoms with Crippen LogP contribution in [0.2, 0.25) is 0 Å². The Morgan fingerprint density at radius 2 is 2.00 bits per heavy atom. The lowest BCUT2D eigenvalue weighted by Gasteiger charge is -2.51. The summed E-state index contributed by atoms with van der Waals surface area (Å²) in [5, 5.41) is 19.6. The first-order valence-electron chi connectivity index (χ1n) is 10.0. The molecule has 0 unspecified atom stereocenters. The van der Waals surface area contributed by atoms with E-state index in [4.69, 9.17) is 0 Å². The van der Waals surface area contributed by atoms with Crippen molar-refractivity contribution in [2.24, 2.45) is 0 Å². The molecule has 1 aliphatic carbocycles. The summed E-state index contributed by atoms with van der Waals surface area (Å²) in [5.74, 6) is -1.21. The van der Waals surface area contributed by atoms with Crippen LogP contribution in [-0.2, 0) is 0 Å². The van der Waals surface area contributed by atoms with E-state index in [1.165, 1.54) is 47.1 Å². The van der Waals surface area contributed by atoms with Crippen molar-refractivity contribution in [2.75, 3.05) is 6.61 Å². The van der Waals surface area contributed by atoms with Crippen LogP contribution in [0.1, 0.15) is 53.1 Å². The normalized spacial score (nSPS) is 23.7. The van der Waals surface area contributed by atoms with Gasteiger partial charge in [-0.2, -0.15) is 5.26 Å². The van der Waals surface area contributed by atoms with Gasteiger partial charge in [-0.05, 0) is 60.6 Å². The van der Waals surface area contributed by atoms with Gasteiger partial charge < -0.3 is 10.0 Å². The quantitative estimate of drug-likeness (QED) is 0.848. The minimum atomic E-state index is -0.692. The third-order valence-corrected chi connectivity index (χ3v) is 5.99. The van der Waals surface area contributed by atoms with Crippen LogP contribution in [-0.4, -0.2) is 34.6 Å². The van der Waals surface area contributed by atoms with E-state index < -0.39 is 23.8 Å². The van der Waals surface area contributed by atoms with E-state index in [0.29, 0.717) is 0 Å². The van der Waals surface area contributed by atoms with E-state index in [-0.39, 0.29) is 18.1 Å². The Labute approximate surface area is 169 Å². The predicted molar refractivity (Wildman–Crippen MR) is 108 cm³/mol. The van der Waals surface area contributed by atoms with Crippen LogP contribution in [0.15, 0.2) is 54.6 Å². The van der Waals surface area contributed by atoms with Crippen molar-refractivity contribution in [3.63, 3.8) is 0 Å². The number of carbonyl (C=O) groups excluding carboxylic acids is 1. The standard InChI is InChI=1S/C24H23FN2O2/c25-20-8-4-7-19(13-20)24(29)27-21(14-26)23(22(27)15-28)18-11-9-17(10-12-18)16-5-2-1-3-6-16/h4-5,7-13,21-23,28H,1-3,6,15H2/t21-,22+,23+/m0/s1. The number of aliphatic hydroxyl groups is 1. The molecule has 4 nitrogen and oxygen atoms in total. The number of hydrogen-bond donors (Lipinski definition) is 1. The molecule has 1 fully saturated rings. The largest absolute Gasteiger partial charge is 0.394 e. The maximum Gasteiger partial charge on any atom is 0.255 e. The molecular formula is C24H23FN2O2. The van der Waals surface area contributed by atoms with Gasteiger partial charge in [-0.25, -0.2) is 4.39 Å². The molecule has 148 valence electrons. The molecule has 0 spiro atoms. The zero-order valence-corrected chi connectivity index (χ0v) is 16.1. The van der Waals surface area contributed by atoms with Crippen LogP contribution in [0.5, 0.6) is 0 Å². The van der Waals surface area contributed by atoms with Crippen LogP contribution in [0, 0.1) is 17.1 Å². The van der Waals surface area contributed by atoms with Crippen LogP contribution < -0.4 is 0 Å². The van der Waals surface area contributed by atoms with Gasteiger partial charge in [0.15, 0.2) is 0 Å². The average molecular weight is 390 g/mol. The number of allylic oxidation sites excluding steroid dienone is 2. The molecule has 1 amide bonds. The molecule has 5 heteroatoms. The molecule has 1 aliphatic heterocycles. The summed E-state index contributed by atoms with van der Waals surface area (Å²) in [4.78, 5) is 14.2. The first-order chi connectivity index (χ1) is 14.1. The summed E-state index contributed by atoms with van der Waals surface area (Å²) in [6.45, 7) is -0.253. The van der Waals surface area contributed by atoms with E-state index in [9.17, 15) is 19.6 Å². The smallest absolute Gasteiger partial charge is 0.255 e. The molecule has 2 aliphatic rings. The fraction of sp³-hybridized carbons (Fsp3) is 0.333. The Hall–Kier alpha value is -2.97. The molecule has 0 radical (unpaired) electrons. The van der Waals surface area contributed by atoms with Crippen molar-refractivity contribution >= 4 is 11.5 Å². The molecule has 2 aromatic carbocycles. The maximum atomic E-state index is 13.5. The van der Waals surface area contributed by atoms with E-state index in [1.807, 2.05) is 12.1 Å². The van der Waals surface area contributed by atoms with Crippen LogP contribution in [0.25, 0.3) is 5.57 Å². The number of hydrogen-bond acceptors (Lipinski definition) is 3. The summed E-state index contributed by atoms with van der Waals surface area (Å²) in [6.07, 6.45) is 6.92. The number of nitriles is 1. The van der Waals surface area contributed by atoms with Crippen molar-refractivity contribution in [3.8, 4) is 6.07 Å². The van der Waals surface area contributed by atoms with E-state index in [2.05, 4.69) is 24.3 Å². The minimum absolute atomic E-state index is 0.182. The number of amides is 1. The van der Waals surface area contributed by atoms with Gasteiger partial charge in [0.05, 0.1) is 18.7 Å². The van der Waals surface area contributed by atoms with Crippen molar-refractivity contribution in [3.05, 3.63) is 77.1 Å². The molecular weight excluding hydrogens is 367 g/mol. The highest BCUT2D eigenvalue weighted by atomic mass is 19.1. The number of halogens is 1. The second-order valence-electron chi connectivity index (χ2n) is 7.67. The summed E-state index contributed by atoms with van der Waals surface area (Å²) in [5.41, 5.74) is 3.66. The Bertz CT molecular complexity index is 977. The summed E-state index contributed by atoms with van der Waals surface area (Å²) >= 11 is 0. The molecule has 2 aromatic rings. The van der Waals surface area contributed by atoms with Crippen LogP contribution in [0.4, 0.5) is 4.39 Å². The molecule has 1 N–H and O–H groups in total. The van der Waals surface area contributed by atoms with Gasteiger partial charge in [0.1, 0.15) is 11.9 Å². The number of aliphatic hydroxyl groups excluding tert-OH is 1. The Kier molecular flexibility index (Phi) is 5.46. The van der Waals surface area contributed by atoms with Gasteiger partial charge in [-0.3, -0.25) is 4.79 Å². The van der Waals surface area contributed by atoms with Crippen molar-refractivity contribution < 1.29 is 14.3 Å². The van der Waals surface area contributed by atoms with Crippen molar-refractivity contribution in [1.82, 2.24) is 4.90 Å². The zero-order valence-electron chi connectivity index (χ0n) is 16.1. The first-order valence-corrected chi connectivity index (χ1v) is 10.0. The number of nitrogens with zero attached hydrogens (tertiary/aromatic N) is 2. The lowest BCUT2D eigenvalue weighted by atomic mass is 9.75. The molecule has 1 heterocycles. The third kappa shape index (κ3) is 3.56. The Morgan fingerprint density at radius 3 is 2.62 bits per heavy atom. The lowest BCUT2D eigenvalue weighted by Crippen LogP contribution is -2.65. The highest BCUT2D eigenvalue weighted by molar-refractivity contribution is 5.95. The van der Waals surface area contributed by atoms with Gasteiger partial charge in [0.25, 0.3) is 5.91 Å². The fourth-order valence-electron chi connectivity index (χ4n) is 4.48. The predicted octanol–water partition coefficient (Wildman–Crippen LogP) is 4.28. The molecule has 0 bridgehead atoms. The lowest BCUT2D eigenvalue weighted by molar-refractivity contribution is -0.00588. The van der Waals surface area contributed by atoms with Crippen molar-refractivity contribution in [2.45, 2.75) is 43.7 Å². The second kappa shape index (κ2) is 8.18. The fourth-order valence-corrected chi connectivity index (χ4v) is 4.48. The molecule has 4 rings (SSSR count). The SMILES string of the molecule is N#C[C@H]1[C@@H](c2ccc(C3=CCCCC3)cc2)[C@@H](CO)N1C(=O)c1cccc(F)c1. The molecule has 3 atom stereocenters. The topological polar surface area (TPSA) is 64.3 Å². The van der Waals surface area contributed by atoms with Gasteiger partial charge in [-0.15, -0.1) is 0 Å². The number of rotatable bonds is 4. The van der Waals surface area contributed by atoms with E-state index in [1.54, 1.807) is 0 Å². The van der Waals surface area contributed by atoms with Crippen molar-refractivity contribution in [1.29, 1.82) is 5.26 Å². The first kappa shape index (κ1) is 19.4. The summed E-state index contributed by atoms with van der Waals surface area (Å²) in [7, 11) is 0. The highest BCUT2D eigenvalue weighted by Crippen LogP contribution is 2.41. The van der Waals surface area contributed by atoms with Gasteiger partial charge in [0.2, 0.25) is 0 Å². The van der Waals surface area contributed by atoms with E-state index >= 15 is 0 Å². The summed E-state index contributed by atoms with van der Waals surface area (Å²) < 4.78 is 13.5. The van der Waals surface area contributed by atoms with Gasteiger partial charge >= 0.3 is 0 Å². The maximum absolute atomic E-state index is 13.5. The monoisotopic (exact) mass is 390 g/mol. The zero-order chi connectivity index (χ0) is 20.4. The number of benzene rings is 2. The minimum Gasteiger partial charge on any atom is -0.394 e. The molecule has 0 saturated carbocycles. The summed E-state index contributed by atoms with van der Waals surface area (Å²) in [6, 6.07) is 14.5. The van der Waals surface area contributed by atoms with E-state index in [0.717, 1.165) is 24.5 Å². The Morgan fingerprint density at radius 1 is 1.21 bits per heavy atom. The molecule has 0 aromatic heterocycles. The van der Waals surface area contributed by atoms with Gasteiger partial charge in [0, 0.05) is 11.5 Å². The second-order valence-corrected chi connectivity index (χ2v) is 7.67. The molecule has 1 saturated heterocycles. The number of carbonyl (C=O) groups is 1. The Balaban J connectivity index is 1.57. The van der Waals surface area contributed by atoms with Gasteiger partial charge in [-0.1, -0.05) is 36.4 Å². The molecule has 29 heavy (non-hydrogen) atoms. The average Bonchev–Trinajstić information content (AvgIpc) is 2.74. The third-order valence-electron chi connectivity index (χ3n) is 5.99. The van der Waals surface area contributed by atoms with Crippen LogP contribution in [0.3, 0.4) is 0 Å². The highest BCUT2D eigenvalue weighted by Gasteiger charge is 2.51. The van der Waals surface area contributed by atoms with Crippen LogP contribution >= 0.6 is 0 Å².